The van der Waals surface area contributed by atoms with Crippen molar-refractivity contribution >= 4 is 11.9 Å². The number of carboxylic acid groups (broad SMARTS) is 1. The van der Waals surface area contributed by atoms with Gasteiger partial charge in [0.2, 0.25) is 5.91 Å². The molecular formula is C10H19NO4. The Kier molecular flexibility index (Phi) is 6.70. The number of ether oxygens (including phenoxy) is 1. The van der Waals surface area contributed by atoms with Gasteiger partial charge in [-0.3, -0.25) is 4.79 Å². The van der Waals surface area contributed by atoms with Gasteiger partial charge in [0, 0.05) is 13.6 Å². The standard InChI is InChI=1S/C10H19NO4/c1-8(2)4-5-11(3)9(12)6-15-7-10(13)14/h8H,4-7H2,1-3H3,(H,13,14). The summed E-state index contributed by atoms with van der Waals surface area (Å²) in [7, 11) is 1.69. The Morgan fingerprint density at radius 3 is 2.40 bits per heavy atom. The Morgan fingerprint density at radius 2 is 1.93 bits per heavy atom. The molecule has 0 aromatic rings. The van der Waals surface area contributed by atoms with E-state index in [9.17, 15) is 9.59 Å². The lowest BCUT2D eigenvalue weighted by Gasteiger charge is -2.17. The van der Waals surface area contributed by atoms with Crippen LogP contribution in [0, 0.1) is 5.92 Å². The average molecular weight is 217 g/mol. The summed E-state index contributed by atoms with van der Waals surface area (Å²) < 4.78 is 4.69. The lowest BCUT2D eigenvalue weighted by Crippen LogP contribution is -2.32. The molecule has 0 heterocycles. The molecule has 0 atom stereocenters. The predicted molar refractivity (Wildman–Crippen MR) is 55.5 cm³/mol. The van der Waals surface area contributed by atoms with Crippen LogP contribution < -0.4 is 0 Å². The molecule has 0 aliphatic carbocycles. The Morgan fingerprint density at radius 1 is 1.33 bits per heavy atom. The Hall–Kier alpha value is -1.10. The summed E-state index contributed by atoms with van der Waals surface area (Å²) in [4.78, 5) is 23.0. The van der Waals surface area contributed by atoms with Gasteiger partial charge in [-0.2, -0.15) is 0 Å². The van der Waals surface area contributed by atoms with Crippen molar-refractivity contribution in [2.24, 2.45) is 5.92 Å². The van der Waals surface area contributed by atoms with Crippen LogP contribution in [0.4, 0.5) is 0 Å². The molecule has 88 valence electrons. The summed E-state index contributed by atoms with van der Waals surface area (Å²) in [5.41, 5.74) is 0. The number of aliphatic carboxylic acids is 1. The number of nitrogens with zero attached hydrogens (tertiary/aromatic N) is 1. The quantitative estimate of drug-likeness (QED) is 0.678. The highest BCUT2D eigenvalue weighted by molar-refractivity contribution is 5.77. The van der Waals surface area contributed by atoms with Crippen molar-refractivity contribution in [3.8, 4) is 0 Å². The third kappa shape index (κ3) is 7.93. The van der Waals surface area contributed by atoms with Gasteiger partial charge in [-0.1, -0.05) is 13.8 Å². The van der Waals surface area contributed by atoms with E-state index >= 15 is 0 Å². The maximum Gasteiger partial charge on any atom is 0.329 e. The number of carbonyl (C=O) groups excluding carboxylic acids is 1. The minimum atomic E-state index is -1.06. The third-order valence-corrected chi connectivity index (χ3v) is 1.92. The maximum atomic E-state index is 11.3. The molecule has 0 radical (unpaired) electrons. The van der Waals surface area contributed by atoms with E-state index in [-0.39, 0.29) is 12.5 Å². The molecule has 0 fully saturated rings. The lowest BCUT2D eigenvalue weighted by atomic mass is 10.1. The molecule has 0 aliphatic heterocycles. The molecule has 0 aliphatic rings. The van der Waals surface area contributed by atoms with Crippen LogP contribution >= 0.6 is 0 Å². The van der Waals surface area contributed by atoms with E-state index < -0.39 is 12.6 Å². The van der Waals surface area contributed by atoms with Gasteiger partial charge in [-0.05, 0) is 12.3 Å². The molecule has 0 aromatic carbocycles. The first-order chi connectivity index (χ1) is 6.93. The number of rotatable bonds is 7. The van der Waals surface area contributed by atoms with Gasteiger partial charge in [-0.15, -0.1) is 0 Å². The molecule has 0 unspecified atom stereocenters. The summed E-state index contributed by atoms with van der Waals surface area (Å²) in [5.74, 6) is -0.704. The molecule has 0 rings (SSSR count). The molecule has 15 heavy (non-hydrogen) atoms. The minimum Gasteiger partial charge on any atom is -0.480 e. The fraction of sp³-hybridized carbons (Fsp3) is 0.800. The fourth-order valence-corrected chi connectivity index (χ4v) is 0.912. The highest BCUT2D eigenvalue weighted by Crippen LogP contribution is 2.00. The fourth-order valence-electron chi connectivity index (χ4n) is 0.912. The number of carboxylic acids is 1. The van der Waals surface area contributed by atoms with Crippen molar-refractivity contribution in [1.29, 1.82) is 0 Å². The van der Waals surface area contributed by atoms with Gasteiger partial charge in [0.05, 0.1) is 0 Å². The normalized spacial score (nSPS) is 10.4. The van der Waals surface area contributed by atoms with Crippen molar-refractivity contribution in [2.75, 3.05) is 26.8 Å². The number of hydrogen-bond donors (Lipinski definition) is 1. The van der Waals surface area contributed by atoms with Gasteiger partial charge >= 0.3 is 5.97 Å². The molecule has 1 N–H and O–H groups in total. The van der Waals surface area contributed by atoms with Crippen LogP contribution in [0.3, 0.4) is 0 Å². The minimum absolute atomic E-state index is 0.166. The highest BCUT2D eigenvalue weighted by atomic mass is 16.5. The van der Waals surface area contributed by atoms with Crippen molar-refractivity contribution in [1.82, 2.24) is 4.90 Å². The topological polar surface area (TPSA) is 66.8 Å². The molecule has 0 spiro atoms. The van der Waals surface area contributed by atoms with Gasteiger partial charge in [-0.25, -0.2) is 4.79 Å². The van der Waals surface area contributed by atoms with Crippen LogP contribution in [0.25, 0.3) is 0 Å². The zero-order chi connectivity index (χ0) is 11.8. The number of likely N-dealkylation sites (N-methyl/N-ethyl adjacent to an activating group) is 1. The zero-order valence-electron chi connectivity index (χ0n) is 9.52. The first-order valence-corrected chi connectivity index (χ1v) is 4.97. The lowest BCUT2D eigenvalue weighted by molar-refractivity contribution is -0.145. The SMILES string of the molecule is CC(C)CCN(C)C(=O)COCC(=O)O. The van der Waals surface area contributed by atoms with E-state index in [2.05, 4.69) is 13.8 Å². The van der Waals surface area contributed by atoms with E-state index in [1.165, 1.54) is 0 Å². The van der Waals surface area contributed by atoms with Crippen LogP contribution in [0.1, 0.15) is 20.3 Å². The van der Waals surface area contributed by atoms with Crippen molar-refractivity contribution in [3.05, 3.63) is 0 Å². The summed E-state index contributed by atoms with van der Waals surface area (Å²) >= 11 is 0. The molecule has 0 aromatic heterocycles. The van der Waals surface area contributed by atoms with Crippen LogP contribution in [-0.2, 0) is 14.3 Å². The molecule has 0 saturated carbocycles. The predicted octanol–water partition coefficient (Wildman–Crippen LogP) is 0.592. The van der Waals surface area contributed by atoms with E-state index in [0.29, 0.717) is 12.5 Å². The first kappa shape index (κ1) is 13.9. The van der Waals surface area contributed by atoms with Gasteiger partial charge in [0.25, 0.3) is 0 Å². The van der Waals surface area contributed by atoms with Crippen molar-refractivity contribution in [2.45, 2.75) is 20.3 Å². The zero-order valence-corrected chi connectivity index (χ0v) is 9.52. The van der Waals surface area contributed by atoms with Crippen LogP contribution in [0.15, 0.2) is 0 Å². The summed E-state index contributed by atoms with van der Waals surface area (Å²) in [5, 5.41) is 8.29. The van der Waals surface area contributed by atoms with Crippen molar-refractivity contribution in [3.63, 3.8) is 0 Å². The van der Waals surface area contributed by atoms with Crippen LogP contribution in [-0.4, -0.2) is 48.7 Å². The van der Waals surface area contributed by atoms with Crippen molar-refractivity contribution < 1.29 is 19.4 Å². The molecule has 5 heteroatoms. The molecule has 0 saturated heterocycles. The average Bonchev–Trinajstić information content (AvgIpc) is 2.13. The van der Waals surface area contributed by atoms with Crippen LogP contribution in [0.2, 0.25) is 0 Å². The summed E-state index contributed by atoms with van der Waals surface area (Å²) in [6, 6.07) is 0. The summed E-state index contributed by atoms with van der Waals surface area (Å²) in [6.45, 7) is 4.25. The monoisotopic (exact) mass is 217 g/mol. The third-order valence-electron chi connectivity index (χ3n) is 1.92. The molecule has 0 bridgehead atoms. The molecular weight excluding hydrogens is 198 g/mol. The van der Waals surface area contributed by atoms with E-state index in [1.807, 2.05) is 0 Å². The van der Waals surface area contributed by atoms with E-state index in [4.69, 9.17) is 9.84 Å². The highest BCUT2D eigenvalue weighted by Gasteiger charge is 2.09. The Bertz CT molecular complexity index is 215. The second kappa shape index (κ2) is 7.23. The first-order valence-electron chi connectivity index (χ1n) is 4.97. The number of amides is 1. The van der Waals surface area contributed by atoms with Gasteiger partial charge in [0.1, 0.15) is 13.2 Å². The Labute approximate surface area is 90.0 Å². The second-order valence-corrected chi connectivity index (χ2v) is 3.88. The van der Waals surface area contributed by atoms with Gasteiger partial charge < -0.3 is 14.7 Å². The largest absolute Gasteiger partial charge is 0.480 e. The molecule has 5 nitrogen and oxygen atoms in total. The Balaban J connectivity index is 3.64. The second-order valence-electron chi connectivity index (χ2n) is 3.88. The van der Waals surface area contributed by atoms with Gasteiger partial charge in [0.15, 0.2) is 0 Å². The van der Waals surface area contributed by atoms with E-state index in [0.717, 1.165) is 6.42 Å². The number of hydrogen-bond acceptors (Lipinski definition) is 3. The summed E-state index contributed by atoms with van der Waals surface area (Å²) in [6.07, 6.45) is 0.932. The van der Waals surface area contributed by atoms with Crippen LogP contribution in [0.5, 0.6) is 0 Å². The van der Waals surface area contributed by atoms with E-state index in [1.54, 1.807) is 11.9 Å². The number of carbonyl (C=O) groups is 2. The molecule has 1 amide bonds. The smallest absolute Gasteiger partial charge is 0.329 e. The maximum absolute atomic E-state index is 11.3.